The number of carbonyl (C=O) groups is 2. The lowest BCUT2D eigenvalue weighted by molar-refractivity contribution is -0.164. The normalized spacial score (nSPS) is 22.6. The van der Waals surface area contributed by atoms with Gasteiger partial charge in [-0.05, 0) is 85.9 Å². The van der Waals surface area contributed by atoms with Gasteiger partial charge in [0.1, 0.15) is 12.4 Å². The third kappa shape index (κ3) is 6.69. The van der Waals surface area contributed by atoms with Gasteiger partial charge < -0.3 is 24.7 Å². The minimum absolute atomic E-state index is 0.174. The molecule has 0 unspecified atom stereocenters. The number of rotatable bonds is 1. The number of aryl methyl sites for hydroxylation is 1. The average molecular weight is 541 g/mol. The van der Waals surface area contributed by atoms with Crippen LogP contribution in [0.1, 0.15) is 61.6 Å². The van der Waals surface area contributed by atoms with E-state index < -0.39 is 23.9 Å². The zero-order valence-electron chi connectivity index (χ0n) is 22.0. The molecule has 204 valence electrons. The molecule has 7 nitrogen and oxygen atoms in total. The van der Waals surface area contributed by atoms with Gasteiger partial charge in [-0.15, -0.1) is 0 Å². The fourth-order valence-electron chi connectivity index (χ4n) is 5.09. The van der Waals surface area contributed by atoms with E-state index in [1.54, 1.807) is 25.2 Å². The van der Waals surface area contributed by atoms with Crippen LogP contribution in [0.2, 0.25) is 5.02 Å². The number of carbonyl (C=O) groups excluding carboxylic acids is 1. The largest absolute Gasteiger partial charge is 0.487 e. The van der Waals surface area contributed by atoms with Crippen molar-refractivity contribution in [3.63, 3.8) is 0 Å². The standard InChI is InChI=1S/C30H37ClN2O5/c1-32-15-7-4-2-3-5-8-16-33-17-9-6-10-22-18-25(31)13-11-23(22)21-38-27-14-12-24(19-26(27)33)30(37,29(35)36)20-28(32)34/h2,4,11-14,18-19,37H,3,5-10,15-17,20-21H2,1H3,(H,35,36)/b4-2+/t30-/m0/s1. The third-order valence-electron chi connectivity index (χ3n) is 7.49. The van der Waals surface area contributed by atoms with Crippen molar-refractivity contribution < 1.29 is 24.5 Å². The number of aliphatic carboxylic acids is 1. The molecule has 4 rings (SSSR count). The van der Waals surface area contributed by atoms with Crippen LogP contribution in [0.15, 0.2) is 48.6 Å². The monoisotopic (exact) mass is 540 g/mol. The summed E-state index contributed by atoms with van der Waals surface area (Å²) in [7, 11) is 1.64. The highest BCUT2D eigenvalue weighted by molar-refractivity contribution is 6.30. The Labute approximate surface area is 229 Å². The van der Waals surface area contributed by atoms with Crippen molar-refractivity contribution in [2.24, 2.45) is 0 Å². The molecule has 1 atom stereocenters. The zero-order valence-corrected chi connectivity index (χ0v) is 22.8. The van der Waals surface area contributed by atoms with E-state index in [1.807, 2.05) is 18.2 Å². The minimum atomic E-state index is -2.35. The van der Waals surface area contributed by atoms with E-state index in [2.05, 4.69) is 17.1 Å². The Hall–Kier alpha value is -3.03. The van der Waals surface area contributed by atoms with E-state index in [-0.39, 0.29) is 5.56 Å². The van der Waals surface area contributed by atoms with Crippen LogP contribution in [-0.4, -0.2) is 53.7 Å². The van der Waals surface area contributed by atoms with Crippen LogP contribution in [0, 0.1) is 0 Å². The summed E-state index contributed by atoms with van der Waals surface area (Å²) in [5.41, 5.74) is 0.796. The SMILES string of the molecule is CN1CC/C=C/CCCCN2CCCCc3cc(Cl)ccc3COc3ccc(cc32)[C@](O)(C(=O)O)CC1=O. The smallest absolute Gasteiger partial charge is 0.340 e. The summed E-state index contributed by atoms with van der Waals surface area (Å²) in [6.07, 6.45) is 10.1. The molecular weight excluding hydrogens is 504 g/mol. The van der Waals surface area contributed by atoms with Gasteiger partial charge in [-0.3, -0.25) is 4.79 Å². The molecule has 1 amide bonds. The molecule has 0 saturated heterocycles. The first-order chi connectivity index (χ1) is 18.3. The number of fused-ring (bicyclic) bond motifs is 2. The Kier molecular flexibility index (Phi) is 9.34. The maximum Gasteiger partial charge on any atom is 0.340 e. The van der Waals surface area contributed by atoms with Crippen molar-refractivity contribution in [2.75, 3.05) is 31.6 Å². The predicted octanol–water partition coefficient (Wildman–Crippen LogP) is 5.31. The zero-order chi connectivity index (χ0) is 27.1. The second-order valence-electron chi connectivity index (χ2n) is 10.2. The maximum atomic E-state index is 12.9. The van der Waals surface area contributed by atoms with Gasteiger partial charge in [-0.25, -0.2) is 4.79 Å². The van der Waals surface area contributed by atoms with Gasteiger partial charge in [0.05, 0.1) is 12.1 Å². The lowest BCUT2D eigenvalue weighted by Crippen LogP contribution is -2.42. The van der Waals surface area contributed by atoms with E-state index in [0.29, 0.717) is 30.3 Å². The molecule has 0 aliphatic carbocycles. The fraction of sp³-hybridized carbons (Fsp3) is 0.467. The summed E-state index contributed by atoms with van der Waals surface area (Å²) in [6, 6.07) is 10.8. The second kappa shape index (κ2) is 12.7. The van der Waals surface area contributed by atoms with Crippen molar-refractivity contribution in [1.29, 1.82) is 0 Å². The van der Waals surface area contributed by atoms with Gasteiger partial charge in [-0.1, -0.05) is 35.9 Å². The number of aliphatic hydroxyl groups is 1. The highest BCUT2D eigenvalue weighted by atomic mass is 35.5. The summed E-state index contributed by atoms with van der Waals surface area (Å²) in [5, 5.41) is 22.2. The van der Waals surface area contributed by atoms with E-state index in [4.69, 9.17) is 16.3 Å². The molecule has 2 bridgehead atoms. The van der Waals surface area contributed by atoms with Gasteiger partial charge >= 0.3 is 5.97 Å². The second-order valence-corrected chi connectivity index (χ2v) is 10.7. The summed E-state index contributed by atoms with van der Waals surface area (Å²) in [6.45, 7) is 2.35. The van der Waals surface area contributed by atoms with E-state index in [0.717, 1.165) is 62.9 Å². The van der Waals surface area contributed by atoms with Gasteiger partial charge in [0.15, 0.2) is 5.60 Å². The molecule has 0 fully saturated rings. The van der Waals surface area contributed by atoms with Crippen molar-refractivity contribution in [1.82, 2.24) is 4.90 Å². The van der Waals surface area contributed by atoms with Crippen molar-refractivity contribution in [3.05, 3.63) is 70.3 Å². The fourth-order valence-corrected chi connectivity index (χ4v) is 5.28. The van der Waals surface area contributed by atoms with Crippen LogP contribution in [0.4, 0.5) is 5.69 Å². The number of anilines is 1. The van der Waals surface area contributed by atoms with E-state index >= 15 is 0 Å². The molecule has 2 aliphatic heterocycles. The van der Waals surface area contributed by atoms with E-state index in [1.165, 1.54) is 10.5 Å². The van der Waals surface area contributed by atoms with Crippen LogP contribution < -0.4 is 9.64 Å². The molecule has 2 heterocycles. The Morgan fingerprint density at radius 1 is 0.974 bits per heavy atom. The average Bonchev–Trinajstić information content (AvgIpc) is 2.92. The molecule has 2 N–H and O–H groups in total. The maximum absolute atomic E-state index is 12.9. The summed E-state index contributed by atoms with van der Waals surface area (Å²) in [4.78, 5) is 29.0. The first-order valence-corrected chi connectivity index (χ1v) is 13.8. The molecule has 8 heteroatoms. The highest BCUT2D eigenvalue weighted by Crippen LogP contribution is 2.37. The summed E-state index contributed by atoms with van der Waals surface area (Å²) >= 11 is 6.27. The molecule has 2 aliphatic rings. The molecule has 2 aromatic rings. The number of carboxylic acids is 1. The number of allylic oxidation sites excluding steroid dienone is 1. The van der Waals surface area contributed by atoms with Crippen LogP contribution in [-0.2, 0) is 28.2 Å². The molecule has 2 aromatic carbocycles. The number of benzene rings is 2. The Morgan fingerprint density at radius 3 is 2.53 bits per heavy atom. The molecule has 38 heavy (non-hydrogen) atoms. The molecule has 0 aromatic heterocycles. The first kappa shape index (κ1) is 28.0. The molecule has 0 saturated carbocycles. The topological polar surface area (TPSA) is 90.3 Å². The van der Waals surface area contributed by atoms with E-state index in [9.17, 15) is 19.8 Å². The third-order valence-corrected chi connectivity index (χ3v) is 7.72. The highest BCUT2D eigenvalue weighted by Gasteiger charge is 2.42. The Morgan fingerprint density at radius 2 is 1.74 bits per heavy atom. The Balaban J connectivity index is 1.75. The molecule has 0 spiro atoms. The number of hydrogen-bond acceptors (Lipinski definition) is 5. The van der Waals surface area contributed by atoms with Crippen molar-refractivity contribution in [2.45, 2.75) is 63.6 Å². The van der Waals surface area contributed by atoms with Gasteiger partial charge in [-0.2, -0.15) is 0 Å². The Bertz CT molecular complexity index is 1180. The van der Waals surface area contributed by atoms with Crippen LogP contribution in [0.5, 0.6) is 5.75 Å². The number of amides is 1. The van der Waals surface area contributed by atoms with Crippen molar-refractivity contribution in [3.8, 4) is 5.75 Å². The number of halogens is 1. The minimum Gasteiger partial charge on any atom is -0.487 e. The predicted molar refractivity (Wildman–Crippen MR) is 149 cm³/mol. The summed E-state index contributed by atoms with van der Waals surface area (Å²) in [5.74, 6) is -1.25. The van der Waals surface area contributed by atoms with Crippen LogP contribution in [0.25, 0.3) is 0 Å². The number of carboxylic acid groups (broad SMARTS) is 1. The lowest BCUT2D eigenvalue weighted by Gasteiger charge is -2.30. The molecular formula is C30H37ClN2O5. The quantitative estimate of drug-likeness (QED) is 0.476. The first-order valence-electron chi connectivity index (χ1n) is 13.4. The van der Waals surface area contributed by atoms with Gasteiger partial charge in [0.2, 0.25) is 5.91 Å². The molecule has 0 radical (unpaired) electrons. The number of hydrogen-bond donors (Lipinski definition) is 2. The summed E-state index contributed by atoms with van der Waals surface area (Å²) < 4.78 is 6.32. The van der Waals surface area contributed by atoms with Gasteiger partial charge in [0, 0.05) is 31.7 Å². The number of nitrogens with zero attached hydrogens (tertiary/aromatic N) is 2. The number of ether oxygens (including phenoxy) is 1. The van der Waals surface area contributed by atoms with Gasteiger partial charge in [0.25, 0.3) is 0 Å². The van der Waals surface area contributed by atoms with Crippen LogP contribution >= 0.6 is 11.6 Å². The van der Waals surface area contributed by atoms with Crippen LogP contribution in [0.3, 0.4) is 0 Å². The van der Waals surface area contributed by atoms with Crippen molar-refractivity contribution >= 4 is 29.2 Å². The lowest BCUT2D eigenvalue weighted by atomic mass is 9.89.